The van der Waals surface area contributed by atoms with Crippen molar-refractivity contribution in [2.24, 2.45) is 0 Å². The van der Waals surface area contributed by atoms with Gasteiger partial charge in [-0.05, 0) is 19.0 Å². The molecule has 0 aliphatic carbocycles. The molecule has 1 saturated heterocycles. The van der Waals surface area contributed by atoms with Gasteiger partial charge in [0.1, 0.15) is 11.5 Å². The molecule has 2 rings (SSSR count). The Morgan fingerprint density at radius 1 is 1.52 bits per heavy atom. The van der Waals surface area contributed by atoms with Crippen LogP contribution >= 0.6 is 0 Å². The second kappa shape index (κ2) is 7.69. The Labute approximate surface area is 132 Å². The maximum absolute atomic E-state index is 12.7. The molecule has 0 bridgehead atoms. The second-order valence-electron chi connectivity index (χ2n) is 5.28. The van der Waals surface area contributed by atoms with Crippen molar-refractivity contribution in [3.8, 4) is 0 Å². The summed E-state index contributed by atoms with van der Waals surface area (Å²) in [5, 5.41) is 3.13. The maximum atomic E-state index is 12.7. The first-order chi connectivity index (χ1) is 10.9. The molecule has 0 aromatic carbocycles. The van der Waals surface area contributed by atoms with Gasteiger partial charge in [0.2, 0.25) is 0 Å². The predicted octanol–water partition coefficient (Wildman–Crippen LogP) is 1.39. The van der Waals surface area contributed by atoms with Gasteiger partial charge in [-0.3, -0.25) is 4.79 Å². The largest absolute Gasteiger partial charge is 0.469 e. The average Bonchev–Trinajstić information content (AvgIpc) is 2.54. The van der Waals surface area contributed by atoms with E-state index in [0.29, 0.717) is 32.5 Å². The minimum absolute atomic E-state index is 0.137. The van der Waals surface area contributed by atoms with Gasteiger partial charge in [0.15, 0.2) is 0 Å². The van der Waals surface area contributed by atoms with Crippen LogP contribution in [0.5, 0.6) is 0 Å². The number of piperazine rings is 1. The highest BCUT2D eigenvalue weighted by Gasteiger charge is 2.34. The Morgan fingerprint density at radius 3 is 3.00 bits per heavy atom. The third-order valence-corrected chi connectivity index (χ3v) is 3.62. The Balaban J connectivity index is 1.94. The summed E-state index contributed by atoms with van der Waals surface area (Å²) in [6, 6.07) is 0.504. The molecule has 0 saturated carbocycles. The van der Waals surface area contributed by atoms with Crippen LogP contribution in [-0.4, -0.2) is 54.1 Å². The summed E-state index contributed by atoms with van der Waals surface area (Å²) in [6.07, 6.45) is -2.39. The predicted molar refractivity (Wildman–Crippen MR) is 75.5 cm³/mol. The van der Waals surface area contributed by atoms with Crippen molar-refractivity contribution >= 4 is 5.97 Å². The van der Waals surface area contributed by atoms with Gasteiger partial charge in [0.25, 0.3) is 0 Å². The molecule has 128 valence electrons. The summed E-state index contributed by atoms with van der Waals surface area (Å²) in [6.45, 7) is 2.56. The van der Waals surface area contributed by atoms with Crippen LogP contribution in [0.1, 0.15) is 30.4 Å². The fourth-order valence-corrected chi connectivity index (χ4v) is 2.44. The van der Waals surface area contributed by atoms with E-state index >= 15 is 0 Å². The minimum Gasteiger partial charge on any atom is -0.469 e. The minimum atomic E-state index is -4.48. The van der Waals surface area contributed by atoms with Gasteiger partial charge >= 0.3 is 12.1 Å². The number of carbonyl (C=O) groups excluding carboxylic acids is 1. The number of nitrogens with one attached hydrogen (secondary N) is 1. The van der Waals surface area contributed by atoms with E-state index in [-0.39, 0.29) is 17.8 Å². The van der Waals surface area contributed by atoms with Crippen molar-refractivity contribution in [3.63, 3.8) is 0 Å². The van der Waals surface area contributed by atoms with Crippen molar-refractivity contribution in [2.45, 2.75) is 25.1 Å². The number of esters is 1. The first-order valence-corrected chi connectivity index (χ1v) is 7.33. The molecule has 1 atom stereocenters. The van der Waals surface area contributed by atoms with Crippen molar-refractivity contribution in [3.05, 3.63) is 23.8 Å². The zero-order chi connectivity index (χ0) is 16.9. The fraction of sp³-hybridized carbons (Fsp3) is 0.643. The van der Waals surface area contributed by atoms with Crippen molar-refractivity contribution in [1.29, 1.82) is 0 Å². The standard InChI is InChI=1S/C14H19F3N4O2/c1-23-12(22)3-2-7-21-8-6-18-10(9-21)13-19-5-4-11(20-13)14(15,16)17/h4-5,10,18H,2-3,6-9H2,1H3. The van der Waals surface area contributed by atoms with Gasteiger partial charge in [-0.2, -0.15) is 13.2 Å². The Kier molecular flexibility index (Phi) is 5.89. The fourth-order valence-electron chi connectivity index (χ4n) is 2.44. The van der Waals surface area contributed by atoms with Crippen LogP contribution in [0, 0.1) is 0 Å². The van der Waals surface area contributed by atoms with Crippen molar-refractivity contribution in [2.75, 3.05) is 33.3 Å². The van der Waals surface area contributed by atoms with Gasteiger partial charge < -0.3 is 15.0 Å². The highest BCUT2D eigenvalue weighted by atomic mass is 19.4. The molecular formula is C14H19F3N4O2. The first-order valence-electron chi connectivity index (χ1n) is 7.33. The summed E-state index contributed by atoms with van der Waals surface area (Å²) in [4.78, 5) is 20.8. The van der Waals surface area contributed by atoms with E-state index in [0.717, 1.165) is 18.8 Å². The summed E-state index contributed by atoms with van der Waals surface area (Å²) >= 11 is 0. The molecule has 23 heavy (non-hydrogen) atoms. The Hall–Kier alpha value is -1.74. The van der Waals surface area contributed by atoms with Crippen LogP contribution in [-0.2, 0) is 15.7 Å². The molecule has 6 nitrogen and oxygen atoms in total. The SMILES string of the molecule is COC(=O)CCCN1CCNC(c2nccc(C(F)(F)F)n2)C1. The van der Waals surface area contributed by atoms with Crippen LogP contribution in [0.15, 0.2) is 12.3 Å². The van der Waals surface area contributed by atoms with E-state index in [4.69, 9.17) is 0 Å². The lowest BCUT2D eigenvalue weighted by atomic mass is 10.1. The quantitative estimate of drug-likeness (QED) is 0.822. The highest BCUT2D eigenvalue weighted by Crippen LogP contribution is 2.28. The normalized spacial score (nSPS) is 19.6. The number of nitrogens with zero attached hydrogens (tertiary/aromatic N) is 3. The van der Waals surface area contributed by atoms with Gasteiger partial charge in [-0.25, -0.2) is 9.97 Å². The number of alkyl halides is 3. The summed E-state index contributed by atoms with van der Waals surface area (Å²) in [5.74, 6) is -0.129. The average molecular weight is 332 g/mol. The van der Waals surface area contributed by atoms with Gasteiger partial charge in [-0.15, -0.1) is 0 Å². The number of ether oxygens (including phenoxy) is 1. The molecule has 1 N–H and O–H groups in total. The molecule has 9 heteroatoms. The molecule has 0 spiro atoms. The maximum Gasteiger partial charge on any atom is 0.433 e. The number of carbonyl (C=O) groups is 1. The van der Waals surface area contributed by atoms with Crippen LogP contribution in [0.4, 0.5) is 13.2 Å². The monoisotopic (exact) mass is 332 g/mol. The molecule has 0 amide bonds. The third kappa shape index (κ3) is 5.14. The van der Waals surface area contributed by atoms with E-state index in [1.54, 1.807) is 0 Å². The number of aromatic nitrogens is 2. The number of hydrogen-bond acceptors (Lipinski definition) is 6. The Morgan fingerprint density at radius 2 is 2.30 bits per heavy atom. The van der Waals surface area contributed by atoms with Crippen LogP contribution in [0.2, 0.25) is 0 Å². The zero-order valence-electron chi connectivity index (χ0n) is 12.8. The number of halogens is 3. The van der Waals surface area contributed by atoms with Gasteiger partial charge in [-0.1, -0.05) is 0 Å². The molecule has 1 aromatic rings. The van der Waals surface area contributed by atoms with E-state index in [1.165, 1.54) is 7.11 Å². The Bertz CT molecular complexity index is 539. The molecule has 1 aliphatic rings. The van der Waals surface area contributed by atoms with E-state index < -0.39 is 11.9 Å². The second-order valence-corrected chi connectivity index (χ2v) is 5.28. The molecule has 1 fully saturated rings. The van der Waals surface area contributed by atoms with E-state index in [2.05, 4.69) is 24.9 Å². The molecule has 1 aliphatic heterocycles. The zero-order valence-corrected chi connectivity index (χ0v) is 12.8. The van der Waals surface area contributed by atoms with Gasteiger partial charge in [0, 0.05) is 32.3 Å². The van der Waals surface area contributed by atoms with E-state index in [1.807, 2.05) is 0 Å². The summed E-state index contributed by atoms with van der Waals surface area (Å²) in [7, 11) is 1.34. The topological polar surface area (TPSA) is 67.3 Å². The summed E-state index contributed by atoms with van der Waals surface area (Å²) in [5.41, 5.74) is -0.938. The molecule has 2 heterocycles. The lowest BCUT2D eigenvalue weighted by molar-refractivity contribution is -0.141. The molecule has 1 unspecified atom stereocenters. The summed E-state index contributed by atoms with van der Waals surface area (Å²) < 4.78 is 42.7. The number of rotatable bonds is 5. The van der Waals surface area contributed by atoms with Crippen LogP contribution < -0.4 is 5.32 Å². The number of methoxy groups -OCH3 is 1. The lowest BCUT2D eigenvalue weighted by Gasteiger charge is -2.32. The van der Waals surface area contributed by atoms with Gasteiger partial charge in [0.05, 0.1) is 13.2 Å². The van der Waals surface area contributed by atoms with Crippen molar-refractivity contribution in [1.82, 2.24) is 20.2 Å². The van der Waals surface area contributed by atoms with Crippen LogP contribution in [0.25, 0.3) is 0 Å². The lowest BCUT2D eigenvalue weighted by Crippen LogP contribution is -2.46. The first kappa shape index (κ1) is 17.6. The van der Waals surface area contributed by atoms with E-state index in [9.17, 15) is 18.0 Å². The van der Waals surface area contributed by atoms with Crippen LogP contribution in [0.3, 0.4) is 0 Å². The highest BCUT2D eigenvalue weighted by molar-refractivity contribution is 5.69. The molecular weight excluding hydrogens is 313 g/mol. The number of hydrogen-bond donors (Lipinski definition) is 1. The smallest absolute Gasteiger partial charge is 0.433 e. The molecule has 0 radical (unpaired) electrons. The molecule has 1 aromatic heterocycles. The third-order valence-electron chi connectivity index (χ3n) is 3.62. The van der Waals surface area contributed by atoms with Crippen molar-refractivity contribution < 1.29 is 22.7 Å².